The number of rotatable bonds is 1. The molecular formula is C7H12N2O. The van der Waals surface area contributed by atoms with Crippen LogP contribution in [-0.4, -0.2) is 23.8 Å². The third-order valence-electron chi connectivity index (χ3n) is 1.77. The standard InChI is InChI=1S/C7H12N2O/c1-3-9-6(2)4-7(5-8)10-9/h6-7H,3-4H2,1-2H3/t6-,7-/m1/s1. The normalized spacial score (nSPS) is 34.1. The zero-order valence-electron chi connectivity index (χ0n) is 6.37. The highest BCUT2D eigenvalue weighted by molar-refractivity contribution is 4.89. The SMILES string of the molecule is CCN1O[C@@H](C#N)C[C@H]1C. The Hall–Kier alpha value is -0.590. The lowest BCUT2D eigenvalue weighted by molar-refractivity contribution is -0.142. The molecule has 0 spiro atoms. The van der Waals surface area contributed by atoms with Gasteiger partial charge in [0.1, 0.15) is 0 Å². The van der Waals surface area contributed by atoms with Crippen LogP contribution in [0.2, 0.25) is 0 Å². The van der Waals surface area contributed by atoms with Crippen LogP contribution in [-0.2, 0) is 4.84 Å². The lowest BCUT2D eigenvalue weighted by Gasteiger charge is -2.15. The van der Waals surface area contributed by atoms with Crippen LogP contribution in [0.1, 0.15) is 20.3 Å². The van der Waals surface area contributed by atoms with Crippen LogP contribution in [0, 0.1) is 11.3 Å². The van der Waals surface area contributed by atoms with Crippen LogP contribution >= 0.6 is 0 Å². The van der Waals surface area contributed by atoms with Crippen molar-refractivity contribution in [3.8, 4) is 6.07 Å². The molecule has 0 saturated carbocycles. The molecule has 1 heterocycles. The van der Waals surface area contributed by atoms with Crippen molar-refractivity contribution in [2.45, 2.75) is 32.4 Å². The van der Waals surface area contributed by atoms with Gasteiger partial charge in [-0.3, -0.25) is 4.84 Å². The zero-order valence-corrected chi connectivity index (χ0v) is 6.37. The topological polar surface area (TPSA) is 36.3 Å². The lowest BCUT2D eigenvalue weighted by Crippen LogP contribution is -2.25. The quantitative estimate of drug-likeness (QED) is 0.543. The maximum atomic E-state index is 8.50. The molecule has 0 aliphatic carbocycles. The highest BCUT2D eigenvalue weighted by atomic mass is 16.7. The molecule has 0 amide bonds. The smallest absolute Gasteiger partial charge is 0.167 e. The Morgan fingerprint density at radius 1 is 1.80 bits per heavy atom. The predicted octanol–water partition coefficient (Wildman–Crippen LogP) is 0.924. The first-order valence-corrected chi connectivity index (χ1v) is 3.61. The molecule has 1 aliphatic rings. The largest absolute Gasteiger partial charge is 0.280 e. The van der Waals surface area contributed by atoms with Crippen LogP contribution in [0.15, 0.2) is 0 Å². The van der Waals surface area contributed by atoms with Gasteiger partial charge in [-0.05, 0) is 6.92 Å². The van der Waals surface area contributed by atoms with E-state index in [0.717, 1.165) is 13.0 Å². The molecule has 0 unspecified atom stereocenters. The Bertz CT molecular complexity index is 152. The van der Waals surface area contributed by atoms with Crippen LogP contribution in [0.5, 0.6) is 0 Å². The van der Waals surface area contributed by atoms with Gasteiger partial charge in [0, 0.05) is 19.0 Å². The zero-order chi connectivity index (χ0) is 7.56. The summed E-state index contributed by atoms with van der Waals surface area (Å²) in [7, 11) is 0. The van der Waals surface area contributed by atoms with Crippen molar-refractivity contribution in [1.29, 1.82) is 5.26 Å². The van der Waals surface area contributed by atoms with Crippen LogP contribution in [0.25, 0.3) is 0 Å². The molecule has 10 heavy (non-hydrogen) atoms. The summed E-state index contributed by atoms with van der Waals surface area (Å²) in [5.74, 6) is 0. The molecule has 0 aromatic heterocycles. The first-order valence-electron chi connectivity index (χ1n) is 3.61. The summed E-state index contributed by atoms with van der Waals surface area (Å²) >= 11 is 0. The van der Waals surface area contributed by atoms with E-state index in [1.807, 2.05) is 12.0 Å². The van der Waals surface area contributed by atoms with E-state index in [2.05, 4.69) is 13.0 Å². The van der Waals surface area contributed by atoms with E-state index in [1.165, 1.54) is 0 Å². The van der Waals surface area contributed by atoms with Gasteiger partial charge in [-0.1, -0.05) is 6.92 Å². The van der Waals surface area contributed by atoms with Crippen LogP contribution in [0.3, 0.4) is 0 Å². The highest BCUT2D eigenvalue weighted by Gasteiger charge is 2.28. The fourth-order valence-electron chi connectivity index (χ4n) is 1.20. The molecule has 56 valence electrons. The fraction of sp³-hybridized carbons (Fsp3) is 0.857. The molecule has 0 bridgehead atoms. The predicted molar refractivity (Wildman–Crippen MR) is 36.9 cm³/mol. The number of hydrogen-bond acceptors (Lipinski definition) is 3. The van der Waals surface area contributed by atoms with Crippen molar-refractivity contribution < 1.29 is 4.84 Å². The van der Waals surface area contributed by atoms with Gasteiger partial charge < -0.3 is 0 Å². The number of nitrogens with zero attached hydrogens (tertiary/aromatic N) is 2. The Kier molecular flexibility index (Phi) is 2.25. The van der Waals surface area contributed by atoms with Crippen molar-refractivity contribution in [1.82, 2.24) is 5.06 Å². The lowest BCUT2D eigenvalue weighted by atomic mass is 10.2. The first kappa shape index (κ1) is 7.52. The number of hydrogen-bond donors (Lipinski definition) is 0. The monoisotopic (exact) mass is 140 g/mol. The minimum absolute atomic E-state index is 0.213. The summed E-state index contributed by atoms with van der Waals surface area (Å²) < 4.78 is 0. The van der Waals surface area contributed by atoms with Crippen molar-refractivity contribution in [2.75, 3.05) is 6.54 Å². The molecule has 2 atom stereocenters. The second-order valence-electron chi connectivity index (χ2n) is 2.54. The molecule has 0 radical (unpaired) electrons. The van der Waals surface area contributed by atoms with Gasteiger partial charge in [-0.2, -0.15) is 10.3 Å². The van der Waals surface area contributed by atoms with E-state index in [1.54, 1.807) is 0 Å². The van der Waals surface area contributed by atoms with Gasteiger partial charge in [0.05, 0.1) is 6.07 Å². The molecule has 1 saturated heterocycles. The van der Waals surface area contributed by atoms with Gasteiger partial charge >= 0.3 is 0 Å². The van der Waals surface area contributed by atoms with Crippen molar-refractivity contribution >= 4 is 0 Å². The summed E-state index contributed by atoms with van der Waals surface area (Å²) in [6, 6.07) is 2.49. The van der Waals surface area contributed by atoms with E-state index in [0.29, 0.717) is 6.04 Å². The van der Waals surface area contributed by atoms with E-state index in [9.17, 15) is 0 Å². The van der Waals surface area contributed by atoms with E-state index < -0.39 is 0 Å². The van der Waals surface area contributed by atoms with E-state index >= 15 is 0 Å². The molecule has 1 rings (SSSR count). The Morgan fingerprint density at radius 3 is 2.80 bits per heavy atom. The molecule has 1 fully saturated rings. The second-order valence-corrected chi connectivity index (χ2v) is 2.54. The van der Waals surface area contributed by atoms with Gasteiger partial charge in [0.15, 0.2) is 6.10 Å². The molecule has 1 aliphatic heterocycles. The molecule has 0 N–H and O–H groups in total. The van der Waals surface area contributed by atoms with Gasteiger partial charge in [-0.25, -0.2) is 0 Å². The van der Waals surface area contributed by atoms with Gasteiger partial charge in [-0.15, -0.1) is 0 Å². The first-order chi connectivity index (χ1) is 4.77. The van der Waals surface area contributed by atoms with E-state index in [-0.39, 0.29) is 6.10 Å². The third kappa shape index (κ3) is 1.28. The average Bonchev–Trinajstić information content (AvgIpc) is 2.30. The van der Waals surface area contributed by atoms with Crippen LogP contribution < -0.4 is 0 Å². The maximum Gasteiger partial charge on any atom is 0.167 e. The van der Waals surface area contributed by atoms with Crippen molar-refractivity contribution in [3.05, 3.63) is 0 Å². The van der Waals surface area contributed by atoms with Crippen molar-refractivity contribution in [2.24, 2.45) is 0 Å². The summed E-state index contributed by atoms with van der Waals surface area (Å²) in [5, 5.41) is 10.4. The number of hydroxylamine groups is 2. The Morgan fingerprint density at radius 2 is 2.50 bits per heavy atom. The summed E-state index contributed by atoms with van der Waals surface area (Å²) in [6.45, 7) is 4.95. The molecule has 3 nitrogen and oxygen atoms in total. The minimum Gasteiger partial charge on any atom is -0.280 e. The summed E-state index contributed by atoms with van der Waals surface area (Å²) in [5.41, 5.74) is 0. The van der Waals surface area contributed by atoms with Crippen molar-refractivity contribution in [3.63, 3.8) is 0 Å². The fourth-order valence-corrected chi connectivity index (χ4v) is 1.20. The Balaban J connectivity index is 2.46. The molecule has 0 aromatic carbocycles. The van der Waals surface area contributed by atoms with Gasteiger partial charge in [0.25, 0.3) is 0 Å². The minimum atomic E-state index is -0.213. The number of nitriles is 1. The van der Waals surface area contributed by atoms with Crippen LogP contribution in [0.4, 0.5) is 0 Å². The molecule has 3 heteroatoms. The van der Waals surface area contributed by atoms with E-state index in [4.69, 9.17) is 10.1 Å². The van der Waals surface area contributed by atoms with Gasteiger partial charge in [0.2, 0.25) is 0 Å². The Labute approximate surface area is 61.1 Å². The third-order valence-corrected chi connectivity index (χ3v) is 1.77. The summed E-state index contributed by atoms with van der Waals surface area (Å²) in [4.78, 5) is 5.24. The second kappa shape index (κ2) is 3.00. The molecular weight excluding hydrogens is 128 g/mol. The molecule has 0 aromatic rings. The maximum absolute atomic E-state index is 8.50. The highest BCUT2D eigenvalue weighted by Crippen LogP contribution is 2.18. The summed E-state index contributed by atoms with van der Waals surface area (Å²) in [6.07, 6.45) is 0.625. The average molecular weight is 140 g/mol.